The van der Waals surface area contributed by atoms with Crippen LogP contribution in [0.4, 0.5) is 0 Å². The maximum Gasteiger partial charge on any atom is 0.221 e. The molecule has 2 atom stereocenters. The summed E-state index contributed by atoms with van der Waals surface area (Å²) in [5, 5.41) is 8.31. The number of halogens is 2. The van der Waals surface area contributed by atoms with Gasteiger partial charge in [0, 0.05) is 12.4 Å². The first-order valence-corrected chi connectivity index (χ1v) is 8.88. The van der Waals surface area contributed by atoms with Crippen molar-refractivity contribution in [1.82, 2.24) is 39.5 Å². The molecule has 0 amide bonds. The van der Waals surface area contributed by atoms with Crippen LogP contribution < -0.4 is 0 Å². The highest BCUT2D eigenvalue weighted by molar-refractivity contribution is 6.29. The van der Waals surface area contributed by atoms with E-state index in [1.54, 1.807) is 48.8 Å². The lowest BCUT2D eigenvalue weighted by Gasteiger charge is -2.22. The predicted molar refractivity (Wildman–Crippen MR) is 99.8 cm³/mol. The first kappa shape index (κ1) is 18.2. The molecule has 0 aliphatic carbocycles. The summed E-state index contributed by atoms with van der Waals surface area (Å²) in [6.45, 7) is 0. The van der Waals surface area contributed by atoms with Gasteiger partial charge in [-0.3, -0.25) is 14.8 Å². The van der Waals surface area contributed by atoms with Crippen molar-refractivity contribution in [2.24, 2.45) is 0 Å². The highest BCUT2D eigenvalue weighted by Gasteiger charge is 2.37. The molecule has 0 aliphatic rings. The van der Waals surface area contributed by atoms with Gasteiger partial charge < -0.3 is 0 Å². The number of hydrogen-bond acceptors (Lipinski definition) is 7. The van der Waals surface area contributed by atoms with Crippen LogP contribution in [0.5, 0.6) is 0 Å². The second-order valence-electron chi connectivity index (χ2n) is 5.66. The monoisotopic (exact) mass is 414 g/mol. The first-order chi connectivity index (χ1) is 13.7. The van der Waals surface area contributed by atoms with Crippen molar-refractivity contribution in [3.8, 4) is 0 Å². The van der Waals surface area contributed by atoms with E-state index in [2.05, 4.69) is 30.1 Å². The summed E-state index contributed by atoms with van der Waals surface area (Å²) in [7, 11) is 0. The number of nitrogens with zero attached hydrogens (tertiary/aromatic N) is 8. The van der Waals surface area contributed by atoms with Gasteiger partial charge in [-0.25, -0.2) is 19.3 Å². The molecule has 4 aromatic heterocycles. The zero-order valence-corrected chi connectivity index (χ0v) is 15.7. The molecule has 0 aromatic carbocycles. The normalized spacial score (nSPS) is 13.2. The quantitative estimate of drug-likeness (QED) is 0.476. The number of pyridine rings is 2. The zero-order chi connectivity index (χ0) is 19.5. The van der Waals surface area contributed by atoms with Crippen LogP contribution in [0.3, 0.4) is 0 Å². The van der Waals surface area contributed by atoms with Crippen molar-refractivity contribution in [2.45, 2.75) is 12.1 Å². The number of carbonyl (C=O) groups excluding carboxylic acids is 1. The van der Waals surface area contributed by atoms with E-state index in [1.807, 2.05) is 0 Å². The van der Waals surface area contributed by atoms with Crippen molar-refractivity contribution in [2.75, 3.05) is 0 Å². The number of Topliss-reactive ketones (excluding diaryl/α,β-unsaturated/α-hetero) is 1. The minimum atomic E-state index is -0.969. The molecule has 9 nitrogen and oxygen atoms in total. The van der Waals surface area contributed by atoms with Crippen LogP contribution in [0.1, 0.15) is 23.5 Å². The molecule has 28 heavy (non-hydrogen) atoms. The van der Waals surface area contributed by atoms with Crippen LogP contribution in [-0.2, 0) is 4.79 Å². The Balaban J connectivity index is 1.88. The Morgan fingerprint density at radius 1 is 0.750 bits per heavy atom. The van der Waals surface area contributed by atoms with Crippen LogP contribution in [0.15, 0.2) is 61.4 Å². The minimum Gasteiger partial charge on any atom is -0.294 e. The summed E-state index contributed by atoms with van der Waals surface area (Å²) in [4.78, 5) is 30.2. The molecule has 4 rings (SSSR count). The SMILES string of the molecule is O=C(C(c1ccccn1)n1ncnc1Cl)C(c1ccccn1)n1ncnc1Cl. The van der Waals surface area contributed by atoms with Crippen molar-refractivity contribution in [3.63, 3.8) is 0 Å². The number of carbonyl (C=O) groups is 1. The third kappa shape index (κ3) is 3.37. The average Bonchev–Trinajstić information content (AvgIpc) is 3.33. The standard InChI is InChI=1S/C17H12Cl2N8O/c18-16-22-9-24-26(16)13(11-5-1-3-7-20-11)15(28)14(12-6-2-4-8-21-12)27-17(19)23-10-25-27/h1-10,13-14H. The molecule has 2 unspecified atom stereocenters. The van der Waals surface area contributed by atoms with Gasteiger partial charge in [0.2, 0.25) is 10.6 Å². The van der Waals surface area contributed by atoms with Crippen LogP contribution in [-0.4, -0.2) is 45.3 Å². The van der Waals surface area contributed by atoms with Crippen molar-refractivity contribution in [3.05, 3.63) is 83.4 Å². The molecule has 4 aromatic rings. The molecule has 0 saturated heterocycles. The molecule has 4 heterocycles. The lowest BCUT2D eigenvalue weighted by atomic mass is 9.99. The Kier molecular flexibility index (Phi) is 5.09. The summed E-state index contributed by atoms with van der Waals surface area (Å²) < 4.78 is 2.60. The molecule has 0 fully saturated rings. The molecule has 0 bridgehead atoms. The van der Waals surface area contributed by atoms with E-state index in [4.69, 9.17) is 23.2 Å². The Morgan fingerprint density at radius 2 is 1.21 bits per heavy atom. The Morgan fingerprint density at radius 3 is 1.54 bits per heavy atom. The number of ketones is 1. The van der Waals surface area contributed by atoms with Gasteiger partial charge >= 0.3 is 0 Å². The zero-order valence-electron chi connectivity index (χ0n) is 14.2. The van der Waals surface area contributed by atoms with E-state index in [9.17, 15) is 4.79 Å². The number of hydrogen-bond donors (Lipinski definition) is 0. The lowest BCUT2D eigenvalue weighted by Crippen LogP contribution is -2.32. The van der Waals surface area contributed by atoms with E-state index < -0.39 is 12.1 Å². The first-order valence-electron chi connectivity index (χ1n) is 8.12. The van der Waals surface area contributed by atoms with E-state index in [0.717, 1.165) is 0 Å². The van der Waals surface area contributed by atoms with Crippen LogP contribution in [0.2, 0.25) is 10.6 Å². The molecular formula is C17H12Cl2N8O. The Bertz CT molecular complexity index is 997. The van der Waals surface area contributed by atoms with Crippen molar-refractivity contribution >= 4 is 29.0 Å². The van der Waals surface area contributed by atoms with E-state index in [0.29, 0.717) is 11.4 Å². The van der Waals surface area contributed by atoms with Crippen LogP contribution in [0, 0.1) is 0 Å². The second kappa shape index (κ2) is 7.83. The van der Waals surface area contributed by atoms with Gasteiger partial charge in [-0.2, -0.15) is 10.2 Å². The molecule has 0 aliphatic heterocycles. The van der Waals surface area contributed by atoms with Gasteiger partial charge in [0.25, 0.3) is 0 Å². The van der Waals surface area contributed by atoms with Gasteiger partial charge in [-0.1, -0.05) is 12.1 Å². The summed E-state index contributed by atoms with van der Waals surface area (Å²) in [6.07, 6.45) is 5.70. The van der Waals surface area contributed by atoms with Crippen LogP contribution in [0.25, 0.3) is 0 Å². The molecule has 140 valence electrons. The fourth-order valence-corrected chi connectivity index (χ4v) is 3.20. The summed E-state index contributed by atoms with van der Waals surface area (Å²) in [6, 6.07) is 8.51. The van der Waals surface area contributed by atoms with E-state index in [-0.39, 0.29) is 16.4 Å². The van der Waals surface area contributed by atoms with Gasteiger partial charge in [0.15, 0.2) is 17.9 Å². The molecule has 0 radical (unpaired) electrons. The van der Waals surface area contributed by atoms with Gasteiger partial charge in [0.05, 0.1) is 11.4 Å². The Hall–Kier alpha value is -3.17. The number of rotatable bonds is 6. The van der Waals surface area contributed by atoms with Gasteiger partial charge in [0.1, 0.15) is 12.7 Å². The summed E-state index contributed by atoms with van der Waals surface area (Å²) in [5.74, 6) is -0.350. The summed E-state index contributed by atoms with van der Waals surface area (Å²) >= 11 is 12.3. The molecule has 0 spiro atoms. The fraction of sp³-hybridized carbons (Fsp3) is 0.118. The summed E-state index contributed by atoms with van der Waals surface area (Å²) in [5.41, 5.74) is 0.883. The topological polar surface area (TPSA) is 104 Å². The lowest BCUT2D eigenvalue weighted by molar-refractivity contribution is -0.124. The molecular weight excluding hydrogens is 403 g/mol. The second-order valence-corrected chi connectivity index (χ2v) is 6.34. The van der Waals surface area contributed by atoms with Crippen molar-refractivity contribution in [1.29, 1.82) is 0 Å². The van der Waals surface area contributed by atoms with Crippen LogP contribution >= 0.6 is 23.2 Å². The maximum atomic E-state index is 13.8. The highest BCUT2D eigenvalue weighted by atomic mass is 35.5. The predicted octanol–water partition coefficient (Wildman–Crippen LogP) is 2.41. The van der Waals surface area contributed by atoms with Gasteiger partial charge in [-0.05, 0) is 47.5 Å². The average molecular weight is 415 g/mol. The smallest absolute Gasteiger partial charge is 0.221 e. The minimum absolute atomic E-state index is 0.0495. The molecule has 0 N–H and O–H groups in total. The van der Waals surface area contributed by atoms with Crippen molar-refractivity contribution < 1.29 is 4.79 Å². The largest absolute Gasteiger partial charge is 0.294 e. The van der Waals surface area contributed by atoms with Gasteiger partial charge in [-0.15, -0.1) is 0 Å². The van der Waals surface area contributed by atoms with E-state index >= 15 is 0 Å². The maximum absolute atomic E-state index is 13.8. The third-order valence-corrected chi connectivity index (χ3v) is 4.56. The van der Waals surface area contributed by atoms with E-state index in [1.165, 1.54) is 22.0 Å². The Labute approximate surface area is 169 Å². The molecule has 0 saturated carbocycles. The highest BCUT2D eigenvalue weighted by Crippen LogP contribution is 2.29. The number of aromatic nitrogens is 8. The third-order valence-electron chi connectivity index (χ3n) is 4.02. The fourth-order valence-electron chi connectivity index (χ4n) is 2.83. The molecule has 11 heteroatoms.